The molecular weight excluding hydrogens is 246 g/mol. The fourth-order valence-electron chi connectivity index (χ4n) is 2.30. The minimum absolute atomic E-state index is 0.168. The van der Waals surface area contributed by atoms with Gasteiger partial charge in [0.05, 0.1) is 6.10 Å². The minimum Gasteiger partial charge on any atom is -0.393 e. The summed E-state index contributed by atoms with van der Waals surface area (Å²) in [5.41, 5.74) is 1.31. The van der Waals surface area contributed by atoms with Gasteiger partial charge in [0.1, 0.15) is 0 Å². The molecule has 1 aromatic rings. The third kappa shape index (κ3) is 2.93. The number of hydrogen-bond donors (Lipinski definition) is 1. The molecule has 1 N–H and O–H groups in total. The van der Waals surface area contributed by atoms with Gasteiger partial charge in [0.25, 0.3) is 0 Å². The van der Waals surface area contributed by atoms with Crippen LogP contribution < -0.4 is 0 Å². The zero-order valence-electron chi connectivity index (χ0n) is 11.2. The lowest BCUT2D eigenvalue weighted by atomic mass is 10.2. The van der Waals surface area contributed by atoms with Crippen molar-refractivity contribution in [2.45, 2.75) is 38.7 Å². The molecule has 3 unspecified atom stereocenters. The molecule has 1 amide bonds. The van der Waals surface area contributed by atoms with Crippen LogP contribution in [0.4, 0.5) is 0 Å². The van der Waals surface area contributed by atoms with Gasteiger partial charge in [0.15, 0.2) is 0 Å². The monoisotopic (exact) mass is 267 g/mol. The molecule has 1 fully saturated rings. The summed E-state index contributed by atoms with van der Waals surface area (Å²) in [7, 11) is 1.83. The molecule has 0 aromatic carbocycles. The first-order valence-electron chi connectivity index (χ1n) is 6.47. The van der Waals surface area contributed by atoms with Gasteiger partial charge < -0.3 is 10.0 Å². The first kappa shape index (κ1) is 13.6. The zero-order valence-corrected chi connectivity index (χ0v) is 12.0. The Hall–Kier alpha value is -0.870. The lowest BCUT2D eigenvalue weighted by molar-refractivity contribution is -0.131. The molecule has 0 spiro atoms. The third-order valence-corrected chi connectivity index (χ3v) is 4.76. The molecule has 0 saturated heterocycles. The van der Waals surface area contributed by atoms with Crippen LogP contribution in [0, 0.1) is 12.8 Å². The van der Waals surface area contributed by atoms with Gasteiger partial charge in [-0.1, -0.05) is 0 Å². The highest BCUT2D eigenvalue weighted by Crippen LogP contribution is 2.51. The van der Waals surface area contributed by atoms with Crippen LogP contribution in [0.1, 0.15) is 36.1 Å². The van der Waals surface area contributed by atoms with Crippen LogP contribution >= 0.6 is 11.3 Å². The van der Waals surface area contributed by atoms with E-state index in [9.17, 15) is 9.90 Å². The van der Waals surface area contributed by atoms with Crippen molar-refractivity contribution >= 4 is 17.2 Å². The third-order valence-electron chi connectivity index (χ3n) is 3.60. The SMILES string of the molecule is Cc1ccsc1C1CC1C(=O)N(C)CCC(C)O. The van der Waals surface area contributed by atoms with E-state index in [1.165, 1.54) is 10.4 Å². The molecule has 2 rings (SSSR count). The predicted octanol–water partition coefficient (Wildman–Crippen LogP) is 2.39. The molecule has 1 heterocycles. The molecule has 1 aliphatic carbocycles. The van der Waals surface area contributed by atoms with Crippen LogP contribution in [0.5, 0.6) is 0 Å². The summed E-state index contributed by atoms with van der Waals surface area (Å²) in [5, 5.41) is 11.3. The molecular formula is C14H21NO2S. The van der Waals surface area contributed by atoms with Gasteiger partial charge >= 0.3 is 0 Å². The maximum Gasteiger partial charge on any atom is 0.226 e. The molecule has 0 aliphatic heterocycles. The second kappa shape index (κ2) is 5.41. The summed E-state index contributed by atoms with van der Waals surface area (Å²) in [5.74, 6) is 0.835. The van der Waals surface area contributed by atoms with Crippen molar-refractivity contribution in [1.29, 1.82) is 0 Å². The van der Waals surface area contributed by atoms with E-state index in [-0.39, 0.29) is 17.9 Å². The van der Waals surface area contributed by atoms with Crippen molar-refractivity contribution in [3.05, 3.63) is 21.9 Å². The predicted molar refractivity (Wildman–Crippen MR) is 73.8 cm³/mol. The standard InChI is InChI=1S/C14H21NO2S/c1-9-5-7-18-13(9)11-8-12(11)14(17)15(3)6-4-10(2)16/h5,7,10-12,16H,4,6,8H2,1-3H3. The highest BCUT2D eigenvalue weighted by atomic mass is 32.1. The number of aryl methyl sites for hydroxylation is 1. The number of carbonyl (C=O) groups is 1. The first-order valence-corrected chi connectivity index (χ1v) is 7.35. The fraction of sp³-hybridized carbons (Fsp3) is 0.643. The number of aliphatic hydroxyl groups is 1. The Balaban J connectivity index is 1.87. The molecule has 1 aromatic heterocycles. The van der Waals surface area contributed by atoms with Crippen molar-refractivity contribution in [2.24, 2.45) is 5.92 Å². The zero-order chi connectivity index (χ0) is 13.3. The quantitative estimate of drug-likeness (QED) is 0.890. The van der Waals surface area contributed by atoms with Gasteiger partial charge in [-0.3, -0.25) is 4.79 Å². The molecule has 18 heavy (non-hydrogen) atoms. The second-order valence-corrected chi connectivity index (χ2v) is 6.26. The number of aliphatic hydroxyl groups excluding tert-OH is 1. The number of nitrogens with zero attached hydrogens (tertiary/aromatic N) is 1. The van der Waals surface area contributed by atoms with E-state index >= 15 is 0 Å². The minimum atomic E-state index is -0.338. The molecule has 3 atom stereocenters. The number of thiophene rings is 1. The van der Waals surface area contributed by atoms with E-state index in [0.29, 0.717) is 18.9 Å². The summed E-state index contributed by atoms with van der Waals surface area (Å²) >= 11 is 1.76. The van der Waals surface area contributed by atoms with E-state index in [1.54, 1.807) is 23.2 Å². The summed E-state index contributed by atoms with van der Waals surface area (Å²) < 4.78 is 0. The lowest BCUT2D eigenvalue weighted by Crippen LogP contribution is -2.31. The molecule has 0 radical (unpaired) electrons. The topological polar surface area (TPSA) is 40.5 Å². The van der Waals surface area contributed by atoms with Crippen molar-refractivity contribution in [3.8, 4) is 0 Å². The number of carbonyl (C=O) groups excluding carboxylic acids is 1. The van der Waals surface area contributed by atoms with E-state index in [1.807, 2.05) is 7.05 Å². The summed E-state index contributed by atoms with van der Waals surface area (Å²) in [6.07, 6.45) is 1.30. The maximum absolute atomic E-state index is 12.2. The highest BCUT2D eigenvalue weighted by molar-refractivity contribution is 7.10. The molecule has 1 aliphatic rings. The number of rotatable bonds is 5. The molecule has 100 valence electrons. The van der Waals surface area contributed by atoms with Crippen molar-refractivity contribution in [3.63, 3.8) is 0 Å². The Morgan fingerprint density at radius 2 is 2.39 bits per heavy atom. The summed E-state index contributed by atoms with van der Waals surface area (Å²) in [4.78, 5) is 15.3. The van der Waals surface area contributed by atoms with Crippen molar-refractivity contribution < 1.29 is 9.90 Å². The van der Waals surface area contributed by atoms with Crippen LogP contribution in [-0.2, 0) is 4.79 Å². The van der Waals surface area contributed by atoms with E-state index in [2.05, 4.69) is 18.4 Å². The van der Waals surface area contributed by atoms with Crippen molar-refractivity contribution in [2.75, 3.05) is 13.6 Å². The van der Waals surface area contributed by atoms with Gasteiger partial charge in [-0.15, -0.1) is 11.3 Å². The normalized spacial score (nSPS) is 23.8. The molecule has 3 nitrogen and oxygen atoms in total. The van der Waals surface area contributed by atoms with Crippen LogP contribution in [-0.4, -0.2) is 35.6 Å². The van der Waals surface area contributed by atoms with E-state index < -0.39 is 0 Å². The van der Waals surface area contributed by atoms with E-state index in [0.717, 1.165) is 6.42 Å². The Morgan fingerprint density at radius 3 is 2.94 bits per heavy atom. The van der Waals surface area contributed by atoms with Gasteiger partial charge in [-0.05, 0) is 43.7 Å². The average molecular weight is 267 g/mol. The lowest BCUT2D eigenvalue weighted by Gasteiger charge is -2.18. The maximum atomic E-state index is 12.2. The Morgan fingerprint density at radius 1 is 1.67 bits per heavy atom. The summed E-state index contributed by atoms with van der Waals surface area (Å²) in [6, 6.07) is 2.12. The van der Waals surface area contributed by atoms with Crippen LogP contribution in [0.2, 0.25) is 0 Å². The van der Waals surface area contributed by atoms with Crippen molar-refractivity contribution in [1.82, 2.24) is 4.90 Å². The molecule has 0 bridgehead atoms. The van der Waals surface area contributed by atoms with Gasteiger partial charge in [-0.25, -0.2) is 0 Å². The number of hydrogen-bond acceptors (Lipinski definition) is 3. The Kier molecular flexibility index (Phi) is 4.07. The summed E-state index contributed by atoms with van der Waals surface area (Å²) in [6.45, 7) is 4.51. The second-order valence-electron chi connectivity index (χ2n) is 5.31. The van der Waals surface area contributed by atoms with Gasteiger partial charge in [0, 0.05) is 30.3 Å². The highest BCUT2D eigenvalue weighted by Gasteiger charge is 2.46. The number of amides is 1. The van der Waals surface area contributed by atoms with Crippen LogP contribution in [0.15, 0.2) is 11.4 Å². The van der Waals surface area contributed by atoms with Crippen LogP contribution in [0.25, 0.3) is 0 Å². The Bertz CT molecular complexity index is 427. The van der Waals surface area contributed by atoms with E-state index in [4.69, 9.17) is 0 Å². The fourth-order valence-corrected chi connectivity index (χ4v) is 3.40. The largest absolute Gasteiger partial charge is 0.393 e. The molecule has 1 saturated carbocycles. The smallest absolute Gasteiger partial charge is 0.226 e. The van der Waals surface area contributed by atoms with Gasteiger partial charge in [0.2, 0.25) is 5.91 Å². The average Bonchev–Trinajstić information content (AvgIpc) is 3.00. The Labute approximate surface area is 112 Å². The van der Waals surface area contributed by atoms with Gasteiger partial charge in [-0.2, -0.15) is 0 Å². The first-order chi connectivity index (χ1) is 8.50. The molecule has 4 heteroatoms. The van der Waals surface area contributed by atoms with Crippen LogP contribution in [0.3, 0.4) is 0 Å².